The van der Waals surface area contributed by atoms with E-state index < -0.39 is 34.4 Å². The summed E-state index contributed by atoms with van der Waals surface area (Å²) < 4.78 is 86.9. The van der Waals surface area contributed by atoms with Crippen molar-refractivity contribution in [2.24, 2.45) is 7.05 Å². The molecule has 0 amide bonds. The number of aromatic nitrogens is 2. The van der Waals surface area contributed by atoms with Crippen LogP contribution >= 0.6 is 11.6 Å². The molecule has 0 fully saturated rings. The number of alkyl halides is 6. The Bertz CT molecular complexity index is 1400. The number of rotatable bonds is 5. The zero-order valence-electron chi connectivity index (χ0n) is 18.5. The van der Waals surface area contributed by atoms with Gasteiger partial charge in [-0.3, -0.25) is 4.68 Å². The Morgan fingerprint density at radius 1 is 0.917 bits per heavy atom. The van der Waals surface area contributed by atoms with E-state index in [2.05, 4.69) is 5.10 Å². The Kier molecular flexibility index (Phi) is 6.66. The summed E-state index contributed by atoms with van der Waals surface area (Å²) in [5.74, 6) is -0.554. The first-order valence-corrected chi connectivity index (χ1v) is 10.8. The van der Waals surface area contributed by atoms with Crippen LogP contribution in [0.25, 0.3) is 22.4 Å². The van der Waals surface area contributed by atoms with Crippen molar-refractivity contribution in [2.75, 3.05) is 0 Å². The molecule has 0 atom stereocenters. The maximum absolute atomic E-state index is 13.5. The van der Waals surface area contributed by atoms with Crippen molar-refractivity contribution >= 4 is 11.6 Å². The van der Waals surface area contributed by atoms with Crippen molar-refractivity contribution < 1.29 is 36.2 Å². The van der Waals surface area contributed by atoms with Crippen LogP contribution < -0.4 is 4.74 Å². The number of halogens is 7. The lowest BCUT2D eigenvalue weighted by Crippen LogP contribution is -2.06. The number of hydrogen-bond donors (Lipinski definition) is 1. The largest absolute Gasteiger partial charge is 0.506 e. The number of benzene rings is 3. The summed E-state index contributed by atoms with van der Waals surface area (Å²) in [5.41, 5.74) is -1.98. The minimum absolute atomic E-state index is 0.0220. The molecule has 4 rings (SSSR count). The van der Waals surface area contributed by atoms with E-state index in [-0.39, 0.29) is 34.7 Å². The first-order valence-electron chi connectivity index (χ1n) is 10.4. The van der Waals surface area contributed by atoms with Gasteiger partial charge >= 0.3 is 12.4 Å². The molecule has 0 aliphatic rings. The molecule has 36 heavy (non-hydrogen) atoms. The van der Waals surface area contributed by atoms with Crippen molar-refractivity contribution in [3.05, 3.63) is 88.6 Å². The van der Waals surface area contributed by atoms with Crippen molar-refractivity contribution in [2.45, 2.75) is 19.0 Å². The molecule has 4 nitrogen and oxygen atoms in total. The average Bonchev–Trinajstić information content (AvgIpc) is 3.20. The summed E-state index contributed by atoms with van der Waals surface area (Å²) in [7, 11) is 1.26. The van der Waals surface area contributed by atoms with Crippen LogP contribution in [0.3, 0.4) is 0 Å². The number of hydrogen-bond acceptors (Lipinski definition) is 3. The number of aryl methyl sites for hydroxylation is 1. The molecule has 0 saturated heterocycles. The third kappa shape index (κ3) is 5.13. The van der Waals surface area contributed by atoms with E-state index in [0.29, 0.717) is 0 Å². The molecule has 4 aromatic rings. The second-order valence-electron chi connectivity index (χ2n) is 7.84. The van der Waals surface area contributed by atoms with E-state index >= 15 is 0 Å². The second-order valence-corrected chi connectivity index (χ2v) is 8.24. The van der Waals surface area contributed by atoms with E-state index in [0.717, 1.165) is 28.4 Å². The maximum atomic E-state index is 13.5. The highest BCUT2D eigenvalue weighted by Gasteiger charge is 2.36. The summed E-state index contributed by atoms with van der Waals surface area (Å²) in [4.78, 5) is 0. The second kappa shape index (κ2) is 9.42. The third-order valence-electron chi connectivity index (χ3n) is 5.38. The first-order chi connectivity index (χ1) is 16.9. The highest BCUT2D eigenvalue weighted by Crippen LogP contribution is 2.47. The SMILES string of the molecule is Cn1nc(C(F)(F)F)cc1-c1ccc(OCc2ccccc2)c(-c2ccc(Cl)c(C(F)(F)F)c2)c1O. The Balaban J connectivity index is 1.89. The molecule has 0 radical (unpaired) electrons. The standard InChI is InChI=1S/C25H17ClF6N2O2/c1-34-19(12-21(33-34)25(30,31)32)16-8-10-20(36-13-14-5-3-2-4-6-14)22(23(16)35)15-7-9-18(26)17(11-15)24(27,28)29/h2-12,35H,13H2,1H3. The van der Waals surface area contributed by atoms with Gasteiger partial charge in [-0.2, -0.15) is 31.4 Å². The number of aromatic hydroxyl groups is 1. The summed E-state index contributed by atoms with van der Waals surface area (Å²) in [5, 5.41) is 14.1. The number of ether oxygens (including phenoxy) is 1. The summed E-state index contributed by atoms with van der Waals surface area (Å²) in [6.07, 6.45) is -9.51. The van der Waals surface area contributed by atoms with Crippen LogP contribution in [-0.4, -0.2) is 14.9 Å². The van der Waals surface area contributed by atoms with Gasteiger partial charge < -0.3 is 9.84 Å². The number of phenolic OH excluding ortho intramolecular Hbond substituents is 1. The maximum Gasteiger partial charge on any atom is 0.435 e. The Morgan fingerprint density at radius 2 is 1.61 bits per heavy atom. The fourth-order valence-electron chi connectivity index (χ4n) is 3.67. The average molecular weight is 527 g/mol. The van der Waals surface area contributed by atoms with Gasteiger partial charge in [-0.15, -0.1) is 0 Å². The molecule has 188 valence electrons. The molecular weight excluding hydrogens is 510 g/mol. The molecular formula is C25H17ClF6N2O2. The normalized spacial score (nSPS) is 12.1. The molecule has 1 N–H and O–H groups in total. The van der Waals surface area contributed by atoms with Gasteiger partial charge in [0.1, 0.15) is 18.1 Å². The fraction of sp³-hybridized carbons (Fsp3) is 0.160. The van der Waals surface area contributed by atoms with Crippen LogP contribution in [0.4, 0.5) is 26.3 Å². The van der Waals surface area contributed by atoms with E-state index in [1.807, 2.05) is 0 Å². The van der Waals surface area contributed by atoms with Crippen LogP contribution in [0.2, 0.25) is 5.02 Å². The minimum atomic E-state index is -4.78. The van der Waals surface area contributed by atoms with Crippen molar-refractivity contribution in [1.82, 2.24) is 9.78 Å². The molecule has 0 aliphatic heterocycles. The Labute approximate surface area is 206 Å². The van der Waals surface area contributed by atoms with E-state index in [9.17, 15) is 31.4 Å². The van der Waals surface area contributed by atoms with Crippen LogP contribution in [-0.2, 0) is 26.0 Å². The van der Waals surface area contributed by atoms with Crippen molar-refractivity contribution in [3.8, 4) is 33.9 Å². The summed E-state index contributed by atoms with van der Waals surface area (Å²) in [6.45, 7) is 0.0241. The van der Waals surface area contributed by atoms with Crippen molar-refractivity contribution in [1.29, 1.82) is 0 Å². The summed E-state index contributed by atoms with van der Waals surface area (Å²) >= 11 is 5.75. The number of phenols is 1. The van der Waals surface area contributed by atoms with Crippen LogP contribution in [0.15, 0.2) is 66.7 Å². The lowest BCUT2D eigenvalue weighted by Gasteiger charge is -2.18. The monoisotopic (exact) mass is 526 g/mol. The Hall–Kier alpha value is -3.66. The molecule has 3 aromatic carbocycles. The highest BCUT2D eigenvalue weighted by atomic mass is 35.5. The van der Waals surface area contributed by atoms with Gasteiger partial charge in [-0.05, 0) is 41.5 Å². The third-order valence-corrected chi connectivity index (χ3v) is 5.71. The van der Waals surface area contributed by atoms with Crippen LogP contribution in [0.1, 0.15) is 16.8 Å². The van der Waals surface area contributed by atoms with Gasteiger partial charge in [0.2, 0.25) is 0 Å². The molecule has 1 heterocycles. The van der Waals surface area contributed by atoms with E-state index in [1.165, 1.54) is 25.2 Å². The quantitative estimate of drug-likeness (QED) is 0.271. The smallest absolute Gasteiger partial charge is 0.435 e. The molecule has 0 saturated carbocycles. The molecule has 0 bridgehead atoms. The van der Waals surface area contributed by atoms with Crippen molar-refractivity contribution in [3.63, 3.8) is 0 Å². The zero-order chi connectivity index (χ0) is 26.3. The fourth-order valence-corrected chi connectivity index (χ4v) is 3.89. The van der Waals surface area contributed by atoms with Crippen LogP contribution in [0.5, 0.6) is 11.5 Å². The summed E-state index contributed by atoms with van der Waals surface area (Å²) in [6, 6.07) is 15.4. The molecule has 11 heteroatoms. The van der Waals surface area contributed by atoms with Gasteiger partial charge in [0.15, 0.2) is 5.69 Å². The topological polar surface area (TPSA) is 47.3 Å². The molecule has 0 aliphatic carbocycles. The molecule has 0 unspecified atom stereocenters. The lowest BCUT2D eigenvalue weighted by molar-refractivity contribution is -0.141. The predicted octanol–water partition coefficient (Wildman–Crippen LogP) is 7.73. The highest BCUT2D eigenvalue weighted by molar-refractivity contribution is 6.31. The van der Waals surface area contributed by atoms with Gasteiger partial charge in [0, 0.05) is 12.6 Å². The van der Waals surface area contributed by atoms with E-state index in [4.69, 9.17) is 16.3 Å². The lowest BCUT2D eigenvalue weighted by atomic mass is 9.97. The Morgan fingerprint density at radius 3 is 2.22 bits per heavy atom. The van der Waals surface area contributed by atoms with Gasteiger partial charge in [-0.1, -0.05) is 48.0 Å². The van der Waals surface area contributed by atoms with E-state index in [1.54, 1.807) is 30.3 Å². The zero-order valence-corrected chi connectivity index (χ0v) is 19.2. The van der Waals surface area contributed by atoms with Gasteiger partial charge in [0.25, 0.3) is 0 Å². The van der Waals surface area contributed by atoms with Gasteiger partial charge in [-0.25, -0.2) is 0 Å². The minimum Gasteiger partial charge on any atom is -0.506 e. The molecule has 0 spiro atoms. The molecule has 1 aromatic heterocycles. The first kappa shape index (κ1) is 25.4. The van der Waals surface area contributed by atoms with Gasteiger partial charge in [0.05, 0.1) is 21.8 Å². The number of nitrogens with zero attached hydrogens (tertiary/aromatic N) is 2. The predicted molar refractivity (Wildman–Crippen MR) is 122 cm³/mol. The van der Waals surface area contributed by atoms with Crippen LogP contribution in [0, 0.1) is 0 Å².